The first-order valence-corrected chi connectivity index (χ1v) is 5.90. The van der Waals surface area contributed by atoms with E-state index in [1.165, 1.54) is 11.1 Å². The molecule has 0 aromatic heterocycles. The first-order chi connectivity index (χ1) is 7.58. The molecule has 1 aromatic carbocycles. The van der Waals surface area contributed by atoms with Crippen LogP contribution in [-0.4, -0.2) is 12.5 Å². The third-order valence-electron chi connectivity index (χ3n) is 2.43. The molecule has 0 aliphatic rings. The molecule has 0 heterocycles. The van der Waals surface area contributed by atoms with Crippen LogP contribution in [0.3, 0.4) is 0 Å². The van der Waals surface area contributed by atoms with E-state index in [2.05, 4.69) is 44.3 Å². The van der Waals surface area contributed by atoms with Crippen LogP contribution in [-0.2, 0) is 11.2 Å². The standard InChI is InChI=1S/C14H21NO/c1-11(2)10-15-14(16)8-7-13-6-4-5-12(3)9-13/h4-6,9,11H,7-8,10H2,1-3H3,(H,15,16). The summed E-state index contributed by atoms with van der Waals surface area (Å²) in [5.41, 5.74) is 2.49. The Balaban J connectivity index is 2.31. The largest absolute Gasteiger partial charge is 0.356 e. The zero-order chi connectivity index (χ0) is 12.0. The van der Waals surface area contributed by atoms with Gasteiger partial charge in [-0.05, 0) is 24.8 Å². The molecule has 0 aliphatic heterocycles. The number of nitrogens with one attached hydrogen (secondary N) is 1. The molecule has 1 amide bonds. The minimum absolute atomic E-state index is 0.148. The Kier molecular flexibility index (Phi) is 5.03. The Bertz CT molecular complexity index is 344. The lowest BCUT2D eigenvalue weighted by Crippen LogP contribution is -2.27. The smallest absolute Gasteiger partial charge is 0.220 e. The van der Waals surface area contributed by atoms with Crippen molar-refractivity contribution < 1.29 is 4.79 Å². The van der Waals surface area contributed by atoms with Crippen LogP contribution in [0, 0.1) is 12.8 Å². The second-order valence-corrected chi connectivity index (χ2v) is 4.69. The maximum atomic E-state index is 11.5. The number of carbonyl (C=O) groups is 1. The molecule has 0 unspecified atom stereocenters. The first kappa shape index (κ1) is 12.8. The summed E-state index contributed by atoms with van der Waals surface area (Å²) < 4.78 is 0. The van der Waals surface area contributed by atoms with Crippen LogP contribution in [0.5, 0.6) is 0 Å². The normalized spacial score (nSPS) is 10.5. The van der Waals surface area contributed by atoms with Gasteiger partial charge in [-0.3, -0.25) is 4.79 Å². The highest BCUT2D eigenvalue weighted by molar-refractivity contribution is 5.76. The highest BCUT2D eigenvalue weighted by Crippen LogP contribution is 2.06. The third-order valence-corrected chi connectivity index (χ3v) is 2.43. The van der Waals surface area contributed by atoms with E-state index in [1.54, 1.807) is 0 Å². The van der Waals surface area contributed by atoms with Gasteiger partial charge in [0.25, 0.3) is 0 Å². The molecule has 1 aromatic rings. The van der Waals surface area contributed by atoms with Crippen molar-refractivity contribution in [1.82, 2.24) is 5.32 Å². The number of amides is 1. The van der Waals surface area contributed by atoms with Gasteiger partial charge in [-0.25, -0.2) is 0 Å². The summed E-state index contributed by atoms with van der Waals surface area (Å²) in [4.78, 5) is 11.5. The average molecular weight is 219 g/mol. The van der Waals surface area contributed by atoms with E-state index >= 15 is 0 Å². The Hall–Kier alpha value is -1.31. The summed E-state index contributed by atoms with van der Waals surface area (Å²) in [6.07, 6.45) is 1.40. The molecule has 0 radical (unpaired) electrons. The maximum Gasteiger partial charge on any atom is 0.220 e. The first-order valence-electron chi connectivity index (χ1n) is 5.90. The number of rotatable bonds is 5. The quantitative estimate of drug-likeness (QED) is 0.810. The predicted molar refractivity (Wildman–Crippen MR) is 67.3 cm³/mol. The molecule has 0 saturated carbocycles. The summed E-state index contributed by atoms with van der Waals surface area (Å²) in [6.45, 7) is 7.04. The highest BCUT2D eigenvalue weighted by atomic mass is 16.1. The summed E-state index contributed by atoms with van der Waals surface area (Å²) >= 11 is 0. The summed E-state index contributed by atoms with van der Waals surface area (Å²) in [6, 6.07) is 8.32. The molecular weight excluding hydrogens is 198 g/mol. The van der Waals surface area contributed by atoms with Gasteiger partial charge in [0, 0.05) is 13.0 Å². The van der Waals surface area contributed by atoms with Crippen LogP contribution in [0.15, 0.2) is 24.3 Å². The molecule has 88 valence electrons. The van der Waals surface area contributed by atoms with E-state index < -0.39 is 0 Å². The fourth-order valence-corrected chi connectivity index (χ4v) is 1.53. The van der Waals surface area contributed by atoms with Crippen LogP contribution in [0.2, 0.25) is 0 Å². The summed E-state index contributed by atoms with van der Waals surface area (Å²) in [7, 11) is 0. The van der Waals surface area contributed by atoms with E-state index in [0.717, 1.165) is 13.0 Å². The number of benzene rings is 1. The Morgan fingerprint density at radius 2 is 2.12 bits per heavy atom. The van der Waals surface area contributed by atoms with Gasteiger partial charge in [-0.2, -0.15) is 0 Å². The zero-order valence-corrected chi connectivity index (χ0v) is 10.4. The van der Waals surface area contributed by atoms with Crippen molar-refractivity contribution >= 4 is 5.91 Å². The predicted octanol–water partition coefficient (Wildman–Crippen LogP) is 2.70. The van der Waals surface area contributed by atoms with E-state index in [-0.39, 0.29) is 5.91 Å². The van der Waals surface area contributed by atoms with Gasteiger partial charge in [0.05, 0.1) is 0 Å². The van der Waals surface area contributed by atoms with E-state index in [0.29, 0.717) is 12.3 Å². The number of hydrogen-bond acceptors (Lipinski definition) is 1. The van der Waals surface area contributed by atoms with Crippen molar-refractivity contribution in [2.75, 3.05) is 6.54 Å². The van der Waals surface area contributed by atoms with Gasteiger partial charge in [0.1, 0.15) is 0 Å². The Morgan fingerprint density at radius 3 is 2.75 bits per heavy atom. The number of aryl methyl sites for hydroxylation is 2. The molecule has 0 atom stereocenters. The van der Waals surface area contributed by atoms with E-state index in [4.69, 9.17) is 0 Å². The van der Waals surface area contributed by atoms with E-state index in [9.17, 15) is 4.79 Å². The molecule has 16 heavy (non-hydrogen) atoms. The lowest BCUT2D eigenvalue weighted by Gasteiger charge is -2.07. The lowest BCUT2D eigenvalue weighted by molar-refractivity contribution is -0.121. The Morgan fingerprint density at radius 1 is 1.38 bits per heavy atom. The van der Waals surface area contributed by atoms with Crippen LogP contribution in [0.4, 0.5) is 0 Å². The molecule has 0 spiro atoms. The van der Waals surface area contributed by atoms with Crippen LogP contribution in [0.1, 0.15) is 31.4 Å². The van der Waals surface area contributed by atoms with Crippen molar-refractivity contribution in [2.45, 2.75) is 33.6 Å². The van der Waals surface area contributed by atoms with Crippen molar-refractivity contribution in [2.24, 2.45) is 5.92 Å². The van der Waals surface area contributed by atoms with Crippen molar-refractivity contribution in [1.29, 1.82) is 0 Å². The van der Waals surface area contributed by atoms with Crippen LogP contribution >= 0.6 is 0 Å². The van der Waals surface area contributed by atoms with Gasteiger partial charge in [-0.1, -0.05) is 43.7 Å². The summed E-state index contributed by atoms with van der Waals surface area (Å²) in [5, 5.41) is 2.93. The molecular formula is C14H21NO. The minimum Gasteiger partial charge on any atom is -0.356 e. The molecule has 0 bridgehead atoms. The second-order valence-electron chi connectivity index (χ2n) is 4.69. The molecule has 0 aliphatic carbocycles. The van der Waals surface area contributed by atoms with E-state index in [1.807, 2.05) is 6.07 Å². The minimum atomic E-state index is 0.148. The van der Waals surface area contributed by atoms with Crippen molar-refractivity contribution in [3.05, 3.63) is 35.4 Å². The molecule has 0 saturated heterocycles. The lowest BCUT2D eigenvalue weighted by atomic mass is 10.1. The number of carbonyl (C=O) groups excluding carboxylic acids is 1. The van der Waals surface area contributed by atoms with Gasteiger partial charge >= 0.3 is 0 Å². The highest BCUT2D eigenvalue weighted by Gasteiger charge is 2.02. The zero-order valence-electron chi connectivity index (χ0n) is 10.4. The topological polar surface area (TPSA) is 29.1 Å². The van der Waals surface area contributed by atoms with Crippen LogP contribution < -0.4 is 5.32 Å². The monoisotopic (exact) mass is 219 g/mol. The number of hydrogen-bond donors (Lipinski definition) is 1. The van der Waals surface area contributed by atoms with Gasteiger partial charge in [0.15, 0.2) is 0 Å². The molecule has 2 nitrogen and oxygen atoms in total. The SMILES string of the molecule is Cc1cccc(CCC(=O)NCC(C)C)c1. The van der Waals surface area contributed by atoms with Crippen LogP contribution in [0.25, 0.3) is 0 Å². The third kappa shape index (κ3) is 4.96. The summed E-state index contributed by atoms with van der Waals surface area (Å²) in [5.74, 6) is 0.665. The maximum absolute atomic E-state index is 11.5. The fourth-order valence-electron chi connectivity index (χ4n) is 1.53. The van der Waals surface area contributed by atoms with Crippen molar-refractivity contribution in [3.63, 3.8) is 0 Å². The molecule has 1 N–H and O–H groups in total. The van der Waals surface area contributed by atoms with Crippen molar-refractivity contribution in [3.8, 4) is 0 Å². The Labute approximate surface area is 98.1 Å². The van der Waals surface area contributed by atoms with Gasteiger partial charge in [0.2, 0.25) is 5.91 Å². The fraction of sp³-hybridized carbons (Fsp3) is 0.500. The average Bonchev–Trinajstić information content (AvgIpc) is 2.23. The molecule has 1 rings (SSSR count). The molecule has 2 heteroatoms. The van der Waals surface area contributed by atoms with Gasteiger partial charge < -0.3 is 5.32 Å². The second kappa shape index (κ2) is 6.31. The molecule has 0 fully saturated rings. The van der Waals surface area contributed by atoms with Gasteiger partial charge in [-0.15, -0.1) is 0 Å².